The number of methoxy groups -OCH3 is 3. The van der Waals surface area contributed by atoms with Gasteiger partial charge in [-0.05, 0) is 18.2 Å². The van der Waals surface area contributed by atoms with Gasteiger partial charge in [-0.15, -0.1) is 0 Å². The summed E-state index contributed by atoms with van der Waals surface area (Å²) < 4.78 is 36.9. The molecule has 0 aliphatic heterocycles. The van der Waals surface area contributed by atoms with Crippen LogP contribution in [0, 0.1) is 0 Å². The molecule has 1 rings (SSSR count). The third kappa shape index (κ3) is 5.31. The molecule has 0 aliphatic carbocycles. The van der Waals surface area contributed by atoms with E-state index in [-0.39, 0.29) is 21.8 Å². The largest absolute Gasteiger partial charge is 0.466 e. The molecule has 0 aliphatic rings. The molecule has 0 spiro atoms. The Balaban J connectivity index is 3.44. The smallest absolute Gasteiger partial charge is 0.354 e. The molecule has 0 atom stereocenters. The van der Waals surface area contributed by atoms with Crippen molar-refractivity contribution in [2.45, 2.75) is 4.90 Å². The highest BCUT2D eigenvalue weighted by molar-refractivity contribution is 7.90. The van der Waals surface area contributed by atoms with Gasteiger partial charge >= 0.3 is 17.9 Å². The average Bonchev–Trinajstić information content (AvgIpc) is 2.58. The molecule has 136 valence electrons. The predicted molar refractivity (Wildman–Crippen MR) is 86.6 cm³/mol. The van der Waals surface area contributed by atoms with E-state index in [0.717, 1.165) is 39.7 Å². The van der Waals surface area contributed by atoms with Gasteiger partial charge in [0.1, 0.15) is 5.70 Å². The van der Waals surface area contributed by atoms with Gasteiger partial charge in [0.2, 0.25) is 0 Å². The Morgan fingerprint density at radius 1 is 1.04 bits per heavy atom. The lowest BCUT2D eigenvalue weighted by Gasteiger charge is -2.13. The molecule has 0 amide bonds. The van der Waals surface area contributed by atoms with Crippen molar-refractivity contribution < 1.29 is 37.0 Å². The monoisotopic (exact) mass is 371 g/mol. The van der Waals surface area contributed by atoms with Crippen LogP contribution >= 0.6 is 0 Å². The quantitative estimate of drug-likeness (QED) is 0.433. The van der Waals surface area contributed by atoms with Crippen LogP contribution in [0.4, 0.5) is 5.69 Å². The molecule has 10 heteroatoms. The fraction of sp³-hybridized carbons (Fsp3) is 0.267. The number of ether oxygens (including phenoxy) is 3. The van der Waals surface area contributed by atoms with Crippen LogP contribution in [-0.4, -0.2) is 53.9 Å². The van der Waals surface area contributed by atoms with Crippen LogP contribution in [0.3, 0.4) is 0 Å². The molecule has 1 aromatic carbocycles. The van der Waals surface area contributed by atoms with Gasteiger partial charge < -0.3 is 19.5 Å². The molecule has 0 saturated heterocycles. The van der Waals surface area contributed by atoms with E-state index in [0.29, 0.717) is 0 Å². The van der Waals surface area contributed by atoms with E-state index >= 15 is 0 Å². The van der Waals surface area contributed by atoms with Gasteiger partial charge in [0.25, 0.3) is 0 Å². The molecule has 9 nitrogen and oxygen atoms in total. The van der Waals surface area contributed by atoms with Crippen molar-refractivity contribution in [3.8, 4) is 0 Å². The number of hydrogen-bond acceptors (Lipinski definition) is 9. The number of carbonyl (C=O) groups is 3. The lowest BCUT2D eigenvalue weighted by Crippen LogP contribution is -2.17. The van der Waals surface area contributed by atoms with Crippen LogP contribution in [0.2, 0.25) is 0 Å². The summed E-state index contributed by atoms with van der Waals surface area (Å²) in [7, 11) is -0.236. The summed E-state index contributed by atoms with van der Waals surface area (Å²) in [4.78, 5) is 35.0. The Bertz CT molecular complexity index is 826. The Kier molecular flexibility index (Phi) is 6.68. The fourth-order valence-corrected chi connectivity index (χ4v) is 2.37. The molecule has 0 heterocycles. The maximum absolute atomic E-state index is 11.9. The molecule has 0 radical (unpaired) electrons. The standard InChI is InChI=1S/C15H17NO8S/c1-22-13(17)8-12(15(19)24-3)16-11-6-5-9(25(4,20)21)7-10(11)14(18)23-2/h5-8,16H,1-4H3/b12-8+. The Morgan fingerprint density at radius 3 is 2.16 bits per heavy atom. The minimum Gasteiger partial charge on any atom is -0.466 e. The number of benzene rings is 1. The van der Waals surface area contributed by atoms with Crippen LogP contribution in [0.15, 0.2) is 34.9 Å². The number of anilines is 1. The zero-order valence-corrected chi connectivity index (χ0v) is 14.8. The van der Waals surface area contributed by atoms with E-state index < -0.39 is 27.7 Å². The van der Waals surface area contributed by atoms with Gasteiger partial charge in [0, 0.05) is 6.26 Å². The van der Waals surface area contributed by atoms with Crippen molar-refractivity contribution in [1.82, 2.24) is 0 Å². The third-order valence-electron chi connectivity index (χ3n) is 2.96. The molecular formula is C15H17NO8S. The predicted octanol–water partition coefficient (Wildman–Crippen LogP) is 0.518. The van der Waals surface area contributed by atoms with Gasteiger partial charge in [-0.1, -0.05) is 0 Å². The van der Waals surface area contributed by atoms with Crippen molar-refractivity contribution >= 4 is 33.4 Å². The normalized spacial score (nSPS) is 11.4. The highest BCUT2D eigenvalue weighted by atomic mass is 32.2. The number of esters is 3. The van der Waals surface area contributed by atoms with Crippen molar-refractivity contribution in [3.05, 3.63) is 35.5 Å². The number of carbonyl (C=O) groups excluding carboxylic acids is 3. The summed E-state index contributed by atoms with van der Waals surface area (Å²) in [5.41, 5.74) is -0.420. The first-order valence-electron chi connectivity index (χ1n) is 6.71. The summed E-state index contributed by atoms with van der Waals surface area (Å²) in [5.74, 6) is -2.57. The molecule has 0 saturated carbocycles. The Morgan fingerprint density at radius 2 is 1.68 bits per heavy atom. The number of sulfone groups is 1. The van der Waals surface area contributed by atoms with E-state index in [1.807, 2.05) is 0 Å². The van der Waals surface area contributed by atoms with Crippen molar-refractivity contribution in [2.24, 2.45) is 0 Å². The van der Waals surface area contributed by atoms with E-state index in [1.165, 1.54) is 12.1 Å². The average molecular weight is 371 g/mol. The molecule has 1 aromatic rings. The van der Waals surface area contributed by atoms with E-state index in [4.69, 9.17) is 0 Å². The van der Waals surface area contributed by atoms with Crippen molar-refractivity contribution in [2.75, 3.05) is 32.9 Å². The van der Waals surface area contributed by atoms with E-state index in [1.54, 1.807) is 0 Å². The molecule has 0 bridgehead atoms. The van der Waals surface area contributed by atoms with E-state index in [2.05, 4.69) is 19.5 Å². The molecule has 25 heavy (non-hydrogen) atoms. The SMILES string of the molecule is COC(=O)/C=C(/Nc1ccc(S(C)(=O)=O)cc1C(=O)OC)C(=O)OC. The second-order valence-corrected chi connectivity index (χ2v) is 6.68. The summed E-state index contributed by atoms with van der Waals surface area (Å²) in [6.45, 7) is 0. The van der Waals surface area contributed by atoms with Gasteiger partial charge in [-0.3, -0.25) is 0 Å². The first-order chi connectivity index (χ1) is 11.6. The maximum atomic E-state index is 11.9. The van der Waals surface area contributed by atoms with Crippen LogP contribution in [-0.2, 0) is 33.6 Å². The summed E-state index contributed by atoms with van der Waals surface area (Å²) in [6.07, 6.45) is 1.81. The molecule has 1 N–H and O–H groups in total. The number of rotatable bonds is 6. The molecule has 0 aromatic heterocycles. The van der Waals surface area contributed by atoms with E-state index in [9.17, 15) is 22.8 Å². The summed E-state index contributed by atoms with van der Waals surface area (Å²) in [5, 5.41) is 2.55. The lowest BCUT2D eigenvalue weighted by atomic mass is 10.1. The summed E-state index contributed by atoms with van der Waals surface area (Å²) >= 11 is 0. The minimum absolute atomic E-state index is 0.0415. The third-order valence-corrected chi connectivity index (χ3v) is 4.07. The maximum Gasteiger partial charge on any atom is 0.354 e. The van der Waals surface area contributed by atoms with Crippen LogP contribution in [0.25, 0.3) is 0 Å². The molecular weight excluding hydrogens is 354 g/mol. The molecule has 0 fully saturated rings. The number of hydrogen-bond donors (Lipinski definition) is 1. The first kappa shape index (κ1) is 20.2. The molecule has 0 unspecified atom stereocenters. The van der Waals surface area contributed by atoms with Gasteiger partial charge in [-0.25, -0.2) is 22.8 Å². The van der Waals surface area contributed by atoms with Crippen molar-refractivity contribution in [3.63, 3.8) is 0 Å². The second-order valence-electron chi connectivity index (χ2n) is 4.67. The Hall–Kier alpha value is -2.88. The first-order valence-corrected chi connectivity index (χ1v) is 8.60. The van der Waals surface area contributed by atoms with Crippen LogP contribution in [0.1, 0.15) is 10.4 Å². The minimum atomic E-state index is -3.57. The highest BCUT2D eigenvalue weighted by Crippen LogP contribution is 2.23. The number of nitrogens with one attached hydrogen (secondary N) is 1. The highest BCUT2D eigenvalue weighted by Gasteiger charge is 2.20. The van der Waals surface area contributed by atoms with Crippen LogP contribution < -0.4 is 5.32 Å². The summed E-state index contributed by atoms with van der Waals surface area (Å²) in [6, 6.07) is 3.59. The second kappa shape index (κ2) is 8.29. The van der Waals surface area contributed by atoms with Gasteiger partial charge in [0.05, 0.1) is 43.6 Å². The van der Waals surface area contributed by atoms with Crippen LogP contribution in [0.5, 0.6) is 0 Å². The zero-order valence-electron chi connectivity index (χ0n) is 14.0. The van der Waals surface area contributed by atoms with Gasteiger partial charge in [-0.2, -0.15) is 0 Å². The zero-order chi connectivity index (χ0) is 19.2. The van der Waals surface area contributed by atoms with Gasteiger partial charge in [0.15, 0.2) is 9.84 Å². The van der Waals surface area contributed by atoms with Crippen molar-refractivity contribution in [1.29, 1.82) is 0 Å². The lowest BCUT2D eigenvalue weighted by molar-refractivity contribution is -0.138. The Labute approximate surface area is 144 Å². The fourth-order valence-electron chi connectivity index (χ4n) is 1.72. The topological polar surface area (TPSA) is 125 Å².